The normalized spacial score (nSPS) is 19.1. The molecule has 1 saturated carbocycles. The Balaban J connectivity index is 2.09. The molecule has 0 spiro atoms. The van der Waals surface area contributed by atoms with Gasteiger partial charge in [-0.1, -0.05) is 32.1 Å². The number of primary amides is 1. The number of carbonyl (C=O) groups is 1. The van der Waals surface area contributed by atoms with E-state index in [1.54, 1.807) is 6.21 Å². The average molecular weight is 183 g/mol. The van der Waals surface area contributed by atoms with Gasteiger partial charge in [0.05, 0.1) is 0 Å². The summed E-state index contributed by atoms with van der Waals surface area (Å²) in [6, 6.07) is -0.597. The number of carbonyl (C=O) groups excluding carboxylic acids is 1. The molecule has 2 amide bonds. The molecule has 0 atom stereocenters. The van der Waals surface area contributed by atoms with Crippen LogP contribution in [-0.2, 0) is 0 Å². The lowest BCUT2D eigenvalue weighted by Crippen LogP contribution is -2.24. The van der Waals surface area contributed by atoms with Crippen LogP contribution in [0.25, 0.3) is 0 Å². The summed E-state index contributed by atoms with van der Waals surface area (Å²) in [7, 11) is 0. The van der Waals surface area contributed by atoms with Crippen molar-refractivity contribution < 1.29 is 4.79 Å². The third-order valence-corrected chi connectivity index (χ3v) is 2.43. The van der Waals surface area contributed by atoms with Crippen LogP contribution in [0, 0.1) is 5.92 Å². The van der Waals surface area contributed by atoms with E-state index in [0.29, 0.717) is 0 Å². The smallest absolute Gasteiger partial charge is 0.332 e. The maximum atomic E-state index is 10.2. The van der Waals surface area contributed by atoms with Crippen molar-refractivity contribution in [3.63, 3.8) is 0 Å². The number of hydrogen-bond acceptors (Lipinski definition) is 2. The molecule has 1 rings (SSSR count). The fourth-order valence-corrected chi connectivity index (χ4v) is 1.73. The lowest BCUT2D eigenvalue weighted by Gasteiger charge is -2.19. The van der Waals surface area contributed by atoms with Crippen LogP contribution >= 0.6 is 0 Å². The first-order valence-corrected chi connectivity index (χ1v) is 4.86. The molecule has 0 aromatic heterocycles. The van der Waals surface area contributed by atoms with E-state index in [0.717, 1.165) is 12.3 Å². The number of amides is 2. The molecule has 4 nitrogen and oxygen atoms in total. The van der Waals surface area contributed by atoms with Crippen molar-refractivity contribution in [2.45, 2.75) is 38.5 Å². The fourth-order valence-electron chi connectivity index (χ4n) is 1.73. The maximum Gasteiger partial charge on any atom is 0.332 e. The molecule has 0 bridgehead atoms. The second-order valence-electron chi connectivity index (χ2n) is 3.53. The Kier molecular flexibility index (Phi) is 4.29. The monoisotopic (exact) mass is 183 g/mol. The first kappa shape index (κ1) is 10.0. The molecule has 0 heterocycles. The van der Waals surface area contributed by atoms with Crippen molar-refractivity contribution in [1.82, 2.24) is 5.43 Å². The van der Waals surface area contributed by atoms with Gasteiger partial charge in [0.15, 0.2) is 0 Å². The van der Waals surface area contributed by atoms with Gasteiger partial charge in [0.1, 0.15) is 0 Å². The second kappa shape index (κ2) is 5.56. The van der Waals surface area contributed by atoms with Crippen LogP contribution in [-0.4, -0.2) is 12.2 Å². The molecule has 4 heteroatoms. The van der Waals surface area contributed by atoms with Crippen molar-refractivity contribution in [2.24, 2.45) is 16.8 Å². The molecule has 0 aromatic carbocycles. The van der Waals surface area contributed by atoms with E-state index in [4.69, 9.17) is 5.73 Å². The third-order valence-electron chi connectivity index (χ3n) is 2.43. The molecule has 1 aliphatic rings. The second-order valence-corrected chi connectivity index (χ2v) is 3.53. The molecule has 0 saturated heterocycles. The molecule has 0 aromatic rings. The molecule has 0 radical (unpaired) electrons. The van der Waals surface area contributed by atoms with E-state index < -0.39 is 6.03 Å². The number of rotatable bonds is 3. The Labute approximate surface area is 78.6 Å². The minimum absolute atomic E-state index is 0.597. The zero-order valence-corrected chi connectivity index (χ0v) is 7.83. The van der Waals surface area contributed by atoms with Crippen molar-refractivity contribution in [3.05, 3.63) is 0 Å². The van der Waals surface area contributed by atoms with Gasteiger partial charge in [-0.05, 0) is 12.3 Å². The van der Waals surface area contributed by atoms with Gasteiger partial charge in [-0.3, -0.25) is 0 Å². The Hall–Kier alpha value is -1.06. The highest BCUT2D eigenvalue weighted by Crippen LogP contribution is 2.25. The van der Waals surface area contributed by atoms with Gasteiger partial charge < -0.3 is 5.73 Å². The van der Waals surface area contributed by atoms with E-state index >= 15 is 0 Å². The molecule has 1 fully saturated rings. The summed E-state index contributed by atoms with van der Waals surface area (Å²) in [5.41, 5.74) is 7.04. The van der Waals surface area contributed by atoms with Gasteiger partial charge in [0, 0.05) is 6.21 Å². The summed E-state index contributed by atoms with van der Waals surface area (Å²) < 4.78 is 0. The van der Waals surface area contributed by atoms with Crippen molar-refractivity contribution in [2.75, 3.05) is 0 Å². The zero-order valence-electron chi connectivity index (χ0n) is 7.83. The number of nitrogens with zero attached hydrogens (tertiary/aromatic N) is 1. The van der Waals surface area contributed by atoms with Crippen molar-refractivity contribution in [3.8, 4) is 0 Å². The van der Waals surface area contributed by atoms with Crippen molar-refractivity contribution >= 4 is 12.2 Å². The Morgan fingerprint density at radius 1 is 1.46 bits per heavy atom. The molecule has 74 valence electrons. The summed E-state index contributed by atoms with van der Waals surface area (Å²) in [5, 5.41) is 3.72. The zero-order chi connectivity index (χ0) is 9.52. The Morgan fingerprint density at radius 2 is 2.15 bits per heavy atom. The van der Waals surface area contributed by atoms with E-state index in [1.807, 2.05) is 0 Å². The van der Waals surface area contributed by atoms with Gasteiger partial charge in [-0.15, -0.1) is 0 Å². The van der Waals surface area contributed by atoms with Gasteiger partial charge in [-0.25, -0.2) is 10.2 Å². The number of urea groups is 1. The first-order chi connectivity index (χ1) is 6.29. The van der Waals surface area contributed by atoms with Crippen LogP contribution in [0.15, 0.2) is 5.10 Å². The van der Waals surface area contributed by atoms with E-state index in [2.05, 4.69) is 10.5 Å². The molecular weight excluding hydrogens is 166 g/mol. The summed E-state index contributed by atoms with van der Waals surface area (Å²) in [6.45, 7) is 0. The third kappa shape index (κ3) is 4.50. The average Bonchev–Trinajstić information content (AvgIpc) is 2.14. The van der Waals surface area contributed by atoms with E-state index in [1.165, 1.54) is 32.1 Å². The number of nitrogens with two attached hydrogens (primary N) is 1. The highest BCUT2D eigenvalue weighted by atomic mass is 16.2. The largest absolute Gasteiger partial charge is 0.350 e. The van der Waals surface area contributed by atoms with Crippen LogP contribution in [0.5, 0.6) is 0 Å². The minimum Gasteiger partial charge on any atom is -0.350 e. The summed E-state index contributed by atoms with van der Waals surface area (Å²) in [6.07, 6.45) is 9.34. The molecular formula is C9H17N3O. The summed E-state index contributed by atoms with van der Waals surface area (Å²) in [5.74, 6) is 0.757. The summed E-state index contributed by atoms with van der Waals surface area (Å²) >= 11 is 0. The molecule has 1 aliphatic carbocycles. The van der Waals surface area contributed by atoms with Crippen LogP contribution in [0.4, 0.5) is 4.79 Å². The standard InChI is InChI=1S/C9H17N3O/c10-9(13)12-11-7-6-8-4-2-1-3-5-8/h7-8H,1-6H2,(H3,10,12,13)/b11-7+. The van der Waals surface area contributed by atoms with Crippen molar-refractivity contribution in [1.29, 1.82) is 0 Å². The van der Waals surface area contributed by atoms with E-state index in [9.17, 15) is 4.79 Å². The lowest BCUT2D eigenvalue weighted by atomic mass is 9.87. The molecule has 13 heavy (non-hydrogen) atoms. The number of hydrazone groups is 1. The van der Waals surface area contributed by atoms with Gasteiger partial charge in [-0.2, -0.15) is 5.10 Å². The Bertz CT molecular complexity index is 185. The molecule has 0 unspecified atom stereocenters. The molecule has 0 aliphatic heterocycles. The quantitative estimate of drug-likeness (QED) is 0.506. The van der Waals surface area contributed by atoms with Gasteiger partial charge >= 0.3 is 6.03 Å². The van der Waals surface area contributed by atoms with Crippen LogP contribution < -0.4 is 11.2 Å². The highest BCUT2D eigenvalue weighted by Gasteiger charge is 2.11. The van der Waals surface area contributed by atoms with Crippen LogP contribution in [0.2, 0.25) is 0 Å². The first-order valence-electron chi connectivity index (χ1n) is 4.86. The van der Waals surface area contributed by atoms with Crippen LogP contribution in [0.3, 0.4) is 0 Å². The van der Waals surface area contributed by atoms with E-state index in [-0.39, 0.29) is 0 Å². The highest BCUT2D eigenvalue weighted by molar-refractivity contribution is 5.72. The van der Waals surface area contributed by atoms with Crippen LogP contribution in [0.1, 0.15) is 38.5 Å². The predicted molar refractivity (Wildman–Crippen MR) is 52.4 cm³/mol. The number of hydrogen-bond donors (Lipinski definition) is 2. The van der Waals surface area contributed by atoms with Gasteiger partial charge in [0.2, 0.25) is 0 Å². The SMILES string of the molecule is NC(=O)N/N=C/CC1CCCCC1. The predicted octanol–water partition coefficient (Wildman–Crippen LogP) is 1.61. The summed E-state index contributed by atoms with van der Waals surface area (Å²) in [4.78, 5) is 10.2. The number of nitrogens with one attached hydrogen (secondary N) is 1. The molecule has 3 N–H and O–H groups in total. The Morgan fingerprint density at radius 3 is 2.77 bits per heavy atom. The fraction of sp³-hybridized carbons (Fsp3) is 0.778. The topological polar surface area (TPSA) is 67.5 Å². The van der Waals surface area contributed by atoms with Gasteiger partial charge in [0.25, 0.3) is 0 Å². The maximum absolute atomic E-state index is 10.2. The lowest BCUT2D eigenvalue weighted by molar-refractivity contribution is 0.249. The minimum atomic E-state index is -0.597.